The van der Waals surface area contributed by atoms with E-state index in [0.717, 1.165) is 18.7 Å². The summed E-state index contributed by atoms with van der Waals surface area (Å²) in [4.78, 5) is 0. The molecule has 3 nitrogen and oxygen atoms in total. The van der Waals surface area contributed by atoms with Gasteiger partial charge in [0.2, 0.25) is 0 Å². The predicted octanol–water partition coefficient (Wildman–Crippen LogP) is 1.06. The lowest BCUT2D eigenvalue weighted by Crippen LogP contribution is -2.03. The van der Waals surface area contributed by atoms with Crippen molar-refractivity contribution in [1.82, 2.24) is 9.78 Å². The Morgan fingerprint density at radius 3 is 2.82 bits per heavy atom. The summed E-state index contributed by atoms with van der Waals surface area (Å²) in [5, 5.41) is 4.31. The summed E-state index contributed by atoms with van der Waals surface area (Å²) >= 11 is 0. The molecule has 0 unspecified atom stereocenters. The molecule has 0 spiro atoms. The monoisotopic (exact) mass is 153 g/mol. The molecule has 0 atom stereocenters. The third kappa shape index (κ3) is 1.80. The summed E-state index contributed by atoms with van der Waals surface area (Å²) in [7, 11) is 0. The fraction of sp³-hybridized carbons (Fsp3) is 0.625. The molecule has 0 bridgehead atoms. The Hall–Kier alpha value is -0.830. The molecule has 0 aromatic carbocycles. The topological polar surface area (TPSA) is 43.8 Å². The number of hydrogen-bond acceptors (Lipinski definition) is 2. The Morgan fingerprint density at radius 1 is 1.64 bits per heavy atom. The highest BCUT2D eigenvalue weighted by Crippen LogP contribution is 2.02. The van der Waals surface area contributed by atoms with Gasteiger partial charge in [-0.05, 0) is 19.4 Å². The highest BCUT2D eigenvalue weighted by Gasteiger charge is 1.99. The van der Waals surface area contributed by atoms with Crippen LogP contribution in [0.2, 0.25) is 0 Å². The van der Waals surface area contributed by atoms with Gasteiger partial charge in [0.05, 0.1) is 5.69 Å². The zero-order valence-corrected chi connectivity index (χ0v) is 7.17. The van der Waals surface area contributed by atoms with Crippen molar-refractivity contribution in [2.24, 2.45) is 5.73 Å². The number of aryl methyl sites for hydroxylation is 2. The quantitative estimate of drug-likeness (QED) is 0.705. The first kappa shape index (κ1) is 8.27. The van der Waals surface area contributed by atoms with E-state index < -0.39 is 0 Å². The lowest BCUT2D eigenvalue weighted by molar-refractivity contribution is 0.580. The summed E-state index contributed by atoms with van der Waals surface area (Å²) in [6.07, 6.45) is 1.12. The van der Waals surface area contributed by atoms with Gasteiger partial charge in [0, 0.05) is 18.8 Å². The first-order valence-electron chi connectivity index (χ1n) is 4.01. The van der Waals surface area contributed by atoms with Gasteiger partial charge in [0.1, 0.15) is 0 Å². The van der Waals surface area contributed by atoms with Gasteiger partial charge >= 0.3 is 0 Å². The summed E-state index contributed by atoms with van der Waals surface area (Å²) < 4.78 is 2.00. The van der Waals surface area contributed by atoms with Crippen molar-refractivity contribution >= 4 is 0 Å². The lowest BCUT2D eigenvalue weighted by Gasteiger charge is -1.99. The van der Waals surface area contributed by atoms with Crippen molar-refractivity contribution in [2.45, 2.75) is 33.4 Å². The zero-order chi connectivity index (χ0) is 8.27. The van der Waals surface area contributed by atoms with Crippen molar-refractivity contribution in [2.75, 3.05) is 0 Å². The van der Waals surface area contributed by atoms with Crippen molar-refractivity contribution in [1.29, 1.82) is 0 Å². The molecule has 1 aromatic rings. The number of hydrogen-bond donors (Lipinski definition) is 1. The van der Waals surface area contributed by atoms with Crippen LogP contribution in [0.3, 0.4) is 0 Å². The first-order valence-corrected chi connectivity index (χ1v) is 4.01. The number of nitrogens with two attached hydrogens (primary N) is 1. The maximum Gasteiger partial charge on any atom is 0.0763 e. The van der Waals surface area contributed by atoms with Gasteiger partial charge in [-0.3, -0.25) is 4.68 Å². The second-order valence-corrected chi connectivity index (χ2v) is 2.70. The summed E-state index contributed by atoms with van der Waals surface area (Å²) in [6, 6.07) is 2.04. The van der Waals surface area contributed by atoms with E-state index in [0.29, 0.717) is 6.54 Å². The third-order valence-corrected chi connectivity index (χ3v) is 1.68. The Balaban J connectivity index is 2.79. The van der Waals surface area contributed by atoms with E-state index in [9.17, 15) is 0 Å². The van der Waals surface area contributed by atoms with Crippen LogP contribution < -0.4 is 5.73 Å². The smallest absolute Gasteiger partial charge is 0.0763 e. The molecule has 0 saturated heterocycles. The molecule has 11 heavy (non-hydrogen) atoms. The van der Waals surface area contributed by atoms with Crippen LogP contribution in [0.25, 0.3) is 0 Å². The van der Waals surface area contributed by atoms with Crippen LogP contribution in [0, 0.1) is 6.92 Å². The predicted molar refractivity (Wildman–Crippen MR) is 45.1 cm³/mol. The van der Waals surface area contributed by atoms with E-state index in [2.05, 4.69) is 18.9 Å². The largest absolute Gasteiger partial charge is 0.325 e. The van der Waals surface area contributed by atoms with Crippen molar-refractivity contribution < 1.29 is 0 Å². The Labute approximate surface area is 67.2 Å². The number of nitrogens with zero attached hydrogens (tertiary/aromatic N) is 2. The standard InChI is InChI=1S/C8H15N3/c1-3-4-11-7(2)5-8(6-9)10-11/h5H,3-4,6,9H2,1-2H3. The molecule has 2 N–H and O–H groups in total. The van der Waals surface area contributed by atoms with E-state index in [4.69, 9.17) is 5.73 Å². The second-order valence-electron chi connectivity index (χ2n) is 2.70. The summed E-state index contributed by atoms with van der Waals surface area (Å²) in [5.41, 5.74) is 7.64. The van der Waals surface area contributed by atoms with Gasteiger partial charge in [-0.15, -0.1) is 0 Å². The zero-order valence-electron chi connectivity index (χ0n) is 7.17. The van der Waals surface area contributed by atoms with Crippen LogP contribution in [0.1, 0.15) is 24.7 Å². The molecule has 0 aliphatic carbocycles. The number of aromatic nitrogens is 2. The van der Waals surface area contributed by atoms with Gasteiger partial charge in [0.25, 0.3) is 0 Å². The van der Waals surface area contributed by atoms with E-state index in [1.54, 1.807) is 0 Å². The molecule has 1 rings (SSSR count). The Kier molecular flexibility index (Phi) is 2.65. The average Bonchev–Trinajstić information content (AvgIpc) is 2.33. The molecule has 62 valence electrons. The molecule has 1 heterocycles. The molecule has 0 amide bonds. The first-order chi connectivity index (χ1) is 5.27. The normalized spacial score (nSPS) is 10.5. The second kappa shape index (κ2) is 3.53. The van der Waals surface area contributed by atoms with Crippen LogP contribution in [0.15, 0.2) is 6.07 Å². The third-order valence-electron chi connectivity index (χ3n) is 1.68. The molecule has 0 aliphatic rings. The maximum absolute atomic E-state index is 5.45. The van der Waals surface area contributed by atoms with Crippen LogP contribution in [0.4, 0.5) is 0 Å². The van der Waals surface area contributed by atoms with Gasteiger partial charge in [0.15, 0.2) is 0 Å². The highest BCUT2D eigenvalue weighted by atomic mass is 15.3. The number of rotatable bonds is 3. The molecule has 3 heteroatoms. The lowest BCUT2D eigenvalue weighted by atomic mass is 10.4. The Bertz CT molecular complexity index is 227. The van der Waals surface area contributed by atoms with Crippen LogP contribution in [-0.4, -0.2) is 9.78 Å². The van der Waals surface area contributed by atoms with Crippen LogP contribution in [0.5, 0.6) is 0 Å². The van der Waals surface area contributed by atoms with E-state index in [-0.39, 0.29) is 0 Å². The molecule has 0 radical (unpaired) electrons. The molecule has 0 aliphatic heterocycles. The van der Waals surface area contributed by atoms with Gasteiger partial charge in [-0.25, -0.2) is 0 Å². The SMILES string of the molecule is CCCn1nc(CN)cc1C. The Morgan fingerprint density at radius 2 is 2.36 bits per heavy atom. The molecular formula is C8H15N3. The fourth-order valence-corrected chi connectivity index (χ4v) is 1.12. The van der Waals surface area contributed by atoms with E-state index in [1.807, 2.05) is 10.7 Å². The summed E-state index contributed by atoms with van der Waals surface area (Å²) in [6.45, 7) is 5.73. The average molecular weight is 153 g/mol. The molecule has 0 saturated carbocycles. The van der Waals surface area contributed by atoms with Gasteiger partial charge in [-0.2, -0.15) is 5.10 Å². The van der Waals surface area contributed by atoms with Crippen molar-refractivity contribution in [3.8, 4) is 0 Å². The minimum Gasteiger partial charge on any atom is -0.325 e. The summed E-state index contributed by atoms with van der Waals surface area (Å²) in [5.74, 6) is 0. The molecular weight excluding hydrogens is 138 g/mol. The van der Waals surface area contributed by atoms with Crippen LogP contribution >= 0.6 is 0 Å². The van der Waals surface area contributed by atoms with Crippen molar-refractivity contribution in [3.05, 3.63) is 17.5 Å². The van der Waals surface area contributed by atoms with Gasteiger partial charge < -0.3 is 5.73 Å². The van der Waals surface area contributed by atoms with Crippen molar-refractivity contribution in [3.63, 3.8) is 0 Å². The highest BCUT2D eigenvalue weighted by molar-refractivity contribution is 5.07. The van der Waals surface area contributed by atoms with Gasteiger partial charge in [-0.1, -0.05) is 6.92 Å². The maximum atomic E-state index is 5.45. The van der Waals surface area contributed by atoms with E-state index in [1.165, 1.54) is 5.69 Å². The fourth-order valence-electron chi connectivity index (χ4n) is 1.12. The van der Waals surface area contributed by atoms with Crippen LogP contribution in [-0.2, 0) is 13.1 Å². The molecule has 0 fully saturated rings. The van der Waals surface area contributed by atoms with E-state index >= 15 is 0 Å². The molecule has 1 aromatic heterocycles. The minimum absolute atomic E-state index is 0.539. The minimum atomic E-state index is 0.539.